The zero-order valence-electron chi connectivity index (χ0n) is 20.0. The first-order valence-corrected chi connectivity index (χ1v) is 11.5. The van der Waals surface area contributed by atoms with Crippen LogP contribution in [0.2, 0.25) is 0 Å². The topological polar surface area (TPSA) is 24.4 Å². The molecule has 0 fully saturated rings. The van der Waals surface area contributed by atoms with Crippen LogP contribution in [0.1, 0.15) is 32.3 Å². The summed E-state index contributed by atoms with van der Waals surface area (Å²) in [6, 6.07) is 10.5. The summed E-state index contributed by atoms with van der Waals surface area (Å²) in [4.78, 5) is 4.26. The maximum absolute atomic E-state index is 4.26. The van der Waals surface area contributed by atoms with Gasteiger partial charge in [0, 0.05) is 6.20 Å². The summed E-state index contributed by atoms with van der Waals surface area (Å²) in [6.45, 7) is 8.12. The monoisotopic (exact) mass is 434 g/mol. The smallest absolute Gasteiger partial charge is 0.0645 e. The third kappa shape index (κ3) is 6.06. The largest absolute Gasteiger partial charge is 0.307 e. The second-order valence-corrected chi connectivity index (χ2v) is 8.14. The number of likely N-dealkylation sites (N-methyl/N-ethyl adjacent to an activating group) is 1. The minimum atomic E-state index is -0.249. The summed E-state index contributed by atoms with van der Waals surface area (Å²) in [5, 5.41) is 3.60. The molecule has 0 amide bonds. The maximum atomic E-state index is 4.26. The number of aliphatic imine (C=N–C) groups is 1. The number of allylic oxidation sites excluding steroid dienone is 13. The number of hydrogen-bond acceptors (Lipinski definition) is 2. The van der Waals surface area contributed by atoms with Gasteiger partial charge in [-0.25, -0.2) is 0 Å². The van der Waals surface area contributed by atoms with Gasteiger partial charge in [0.25, 0.3) is 0 Å². The Kier molecular flexibility index (Phi) is 8.74. The Morgan fingerprint density at radius 1 is 1.12 bits per heavy atom. The number of hydrogen-bond donors (Lipinski definition) is 1. The molecule has 3 rings (SSSR count). The van der Waals surface area contributed by atoms with E-state index in [0.717, 1.165) is 18.6 Å². The Balaban J connectivity index is 1.92. The maximum Gasteiger partial charge on any atom is 0.0645 e. The highest BCUT2D eigenvalue weighted by molar-refractivity contribution is 6.08. The van der Waals surface area contributed by atoms with Gasteiger partial charge in [-0.2, -0.15) is 0 Å². The van der Waals surface area contributed by atoms with E-state index < -0.39 is 0 Å². The van der Waals surface area contributed by atoms with Crippen LogP contribution in [0.5, 0.6) is 0 Å². The molecule has 0 spiro atoms. The molecular weight excluding hydrogens is 400 g/mol. The van der Waals surface area contributed by atoms with Crippen molar-refractivity contribution in [1.29, 1.82) is 0 Å². The molecule has 1 N–H and O–H groups in total. The molecule has 1 aliphatic heterocycles. The average molecular weight is 435 g/mol. The molecule has 1 unspecified atom stereocenters. The van der Waals surface area contributed by atoms with Crippen LogP contribution in [0.4, 0.5) is 0 Å². The van der Waals surface area contributed by atoms with E-state index in [1.54, 1.807) is 6.08 Å². The van der Waals surface area contributed by atoms with Crippen LogP contribution in [-0.4, -0.2) is 18.3 Å². The molecule has 1 aromatic carbocycles. The fraction of sp³-hybridized carbons (Fsp3) is 0.194. The van der Waals surface area contributed by atoms with Gasteiger partial charge in [-0.15, -0.1) is 0 Å². The standard InChI is InChI=1S/C31H34N2/c1-5-7-8-10-16-26(25-14-11-9-12-15-25)19-20-27-17-13-18-30(27)31(3,32-4)28(6-2)21-22-29-23-24-33-29/h5-17,19,21-24,32H,1,18,20H2,2-4H3/b8-7-,16-10-,22-21-,26-19-,28-6-. The van der Waals surface area contributed by atoms with E-state index in [1.807, 2.05) is 31.5 Å². The van der Waals surface area contributed by atoms with Gasteiger partial charge < -0.3 is 5.32 Å². The zero-order valence-corrected chi connectivity index (χ0v) is 20.0. The van der Waals surface area contributed by atoms with Crippen molar-refractivity contribution >= 4 is 11.3 Å². The van der Waals surface area contributed by atoms with E-state index in [1.165, 1.54) is 27.9 Å². The lowest BCUT2D eigenvalue weighted by atomic mass is 9.80. The first-order valence-electron chi connectivity index (χ1n) is 11.5. The summed E-state index contributed by atoms with van der Waals surface area (Å²) < 4.78 is 0. The van der Waals surface area contributed by atoms with Gasteiger partial charge in [0.15, 0.2) is 0 Å². The van der Waals surface area contributed by atoms with Crippen LogP contribution in [0.25, 0.3) is 5.57 Å². The van der Waals surface area contributed by atoms with Crippen molar-refractivity contribution < 1.29 is 0 Å². The molecular formula is C31H34N2. The highest BCUT2D eigenvalue weighted by Crippen LogP contribution is 2.37. The number of nitrogens with one attached hydrogen (secondary N) is 1. The summed E-state index contributed by atoms with van der Waals surface area (Å²) in [6.07, 6.45) is 29.0. The number of rotatable bonds is 11. The van der Waals surface area contributed by atoms with Crippen molar-refractivity contribution in [1.82, 2.24) is 5.32 Å². The molecule has 33 heavy (non-hydrogen) atoms. The summed E-state index contributed by atoms with van der Waals surface area (Å²) >= 11 is 0. The molecule has 1 aliphatic carbocycles. The van der Waals surface area contributed by atoms with Crippen molar-refractivity contribution in [2.24, 2.45) is 4.99 Å². The van der Waals surface area contributed by atoms with E-state index in [0.29, 0.717) is 0 Å². The van der Waals surface area contributed by atoms with E-state index >= 15 is 0 Å². The molecule has 0 saturated heterocycles. The van der Waals surface area contributed by atoms with Crippen molar-refractivity contribution in [2.75, 3.05) is 7.05 Å². The highest BCUT2D eigenvalue weighted by atomic mass is 14.9. The number of nitrogens with zero attached hydrogens (tertiary/aromatic N) is 1. The zero-order chi connectivity index (χ0) is 23.5. The van der Waals surface area contributed by atoms with Crippen LogP contribution in [0.3, 0.4) is 0 Å². The van der Waals surface area contributed by atoms with Crippen molar-refractivity contribution in [2.45, 2.75) is 32.2 Å². The third-order valence-corrected chi connectivity index (χ3v) is 6.21. The van der Waals surface area contributed by atoms with Crippen molar-refractivity contribution in [3.63, 3.8) is 0 Å². The van der Waals surface area contributed by atoms with Gasteiger partial charge in [-0.1, -0.05) is 97.7 Å². The minimum Gasteiger partial charge on any atom is -0.307 e. The Labute approximate surface area is 199 Å². The molecule has 168 valence electrons. The van der Waals surface area contributed by atoms with Gasteiger partial charge >= 0.3 is 0 Å². The molecule has 1 atom stereocenters. The predicted octanol–water partition coefficient (Wildman–Crippen LogP) is 7.46. The van der Waals surface area contributed by atoms with Gasteiger partial charge in [0.05, 0.1) is 11.3 Å². The molecule has 0 saturated carbocycles. The summed E-state index contributed by atoms with van der Waals surface area (Å²) in [5.41, 5.74) is 7.21. The molecule has 2 aliphatic rings. The lowest BCUT2D eigenvalue weighted by Crippen LogP contribution is -2.43. The molecule has 2 nitrogen and oxygen atoms in total. The summed E-state index contributed by atoms with van der Waals surface area (Å²) in [7, 11) is 2.04. The fourth-order valence-electron chi connectivity index (χ4n) is 4.16. The normalized spacial score (nSPS) is 18.5. The second kappa shape index (κ2) is 11.9. The van der Waals surface area contributed by atoms with Gasteiger partial charge in [0.1, 0.15) is 0 Å². The quantitative estimate of drug-likeness (QED) is 0.359. The Morgan fingerprint density at radius 3 is 2.55 bits per heavy atom. The van der Waals surface area contributed by atoms with Crippen LogP contribution in [0, 0.1) is 0 Å². The highest BCUT2D eigenvalue weighted by Gasteiger charge is 2.32. The molecule has 0 radical (unpaired) electrons. The van der Waals surface area contributed by atoms with E-state index in [-0.39, 0.29) is 5.54 Å². The lowest BCUT2D eigenvalue weighted by Gasteiger charge is -2.34. The van der Waals surface area contributed by atoms with Crippen LogP contribution in [-0.2, 0) is 0 Å². The molecule has 1 aromatic rings. The SMILES string of the molecule is C=C\C=C/C=C\C(=C\CC1=C(C(C)(NC)C(/C=C\C2=NC=C2)=C\C)CC=C1)c1ccccc1. The Morgan fingerprint density at radius 2 is 1.91 bits per heavy atom. The van der Waals surface area contributed by atoms with E-state index in [9.17, 15) is 0 Å². The molecule has 0 aromatic heterocycles. The Hall–Kier alpha value is -3.49. The minimum absolute atomic E-state index is 0.249. The van der Waals surface area contributed by atoms with Crippen LogP contribution >= 0.6 is 0 Å². The first kappa shape index (κ1) is 24.2. The van der Waals surface area contributed by atoms with Crippen molar-refractivity contribution in [3.8, 4) is 0 Å². The lowest BCUT2D eigenvalue weighted by molar-refractivity contribution is 0.523. The first-order chi connectivity index (χ1) is 16.1. The summed E-state index contributed by atoms with van der Waals surface area (Å²) in [5.74, 6) is 0. The van der Waals surface area contributed by atoms with E-state index in [4.69, 9.17) is 0 Å². The Bertz CT molecular complexity index is 1110. The molecule has 2 heteroatoms. The second-order valence-electron chi connectivity index (χ2n) is 8.14. The number of benzene rings is 1. The van der Waals surface area contributed by atoms with Gasteiger partial charge in [-0.05, 0) is 73.7 Å². The fourth-order valence-corrected chi connectivity index (χ4v) is 4.16. The molecule has 1 heterocycles. The van der Waals surface area contributed by atoms with E-state index in [2.05, 4.69) is 110 Å². The van der Waals surface area contributed by atoms with Crippen LogP contribution < -0.4 is 5.32 Å². The van der Waals surface area contributed by atoms with Crippen LogP contribution in [0.15, 0.2) is 138 Å². The van der Waals surface area contributed by atoms with Gasteiger partial charge in [-0.3, -0.25) is 4.99 Å². The van der Waals surface area contributed by atoms with Crippen molar-refractivity contribution in [3.05, 3.63) is 138 Å². The predicted molar refractivity (Wildman–Crippen MR) is 145 cm³/mol. The van der Waals surface area contributed by atoms with Gasteiger partial charge in [0.2, 0.25) is 0 Å². The third-order valence-electron chi connectivity index (χ3n) is 6.21. The molecule has 0 bridgehead atoms. The average Bonchev–Trinajstić information content (AvgIpc) is 3.29.